The van der Waals surface area contributed by atoms with E-state index in [0.717, 1.165) is 0 Å². The smallest absolute Gasteiger partial charge is 0.256 e. The Hall–Kier alpha value is -3.45. The average Bonchev–Trinajstić information content (AvgIpc) is 3.38. The molecule has 4 aromatic rings. The van der Waals surface area contributed by atoms with Crippen LogP contribution in [-0.2, 0) is 0 Å². The van der Waals surface area contributed by atoms with E-state index in [1.54, 1.807) is 36.4 Å². The lowest BCUT2D eigenvalue weighted by Gasteiger charge is -2.07. The number of amides is 1. The van der Waals surface area contributed by atoms with E-state index in [4.69, 9.17) is 4.74 Å². The quantitative estimate of drug-likeness (QED) is 0.572. The highest BCUT2D eigenvalue weighted by Gasteiger charge is 2.07. The molecule has 0 saturated heterocycles. The van der Waals surface area contributed by atoms with E-state index < -0.39 is 0 Å². The number of thiophene rings is 1. The molecule has 0 aliphatic carbocycles. The van der Waals surface area contributed by atoms with Gasteiger partial charge < -0.3 is 14.6 Å². The molecule has 3 heterocycles. The van der Waals surface area contributed by atoms with E-state index in [2.05, 4.69) is 15.5 Å². The lowest BCUT2D eigenvalue weighted by molar-refractivity contribution is 0.102. The van der Waals surface area contributed by atoms with Gasteiger partial charge in [-0.3, -0.25) is 4.79 Å². The number of aromatic nitrogens is 3. The van der Waals surface area contributed by atoms with Gasteiger partial charge in [-0.1, -0.05) is 0 Å². The topological polar surface area (TPSA) is 69.0 Å². The molecule has 0 saturated carbocycles. The number of ether oxygens (including phenoxy) is 1. The van der Waals surface area contributed by atoms with Crippen molar-refractivity contribution in [2.45, 2.75) is 0 Å². The number of nitrogens with zero attached hydrogens (tertiary/aromatic N) is 3. The summed E-state index contributed by atoms with van der Waals surface area (Å²) >= 11 is 1.49. The number of carbonyl (C=O) groups is 1. The van der Waals surface area contributed by atoms with Crippen molar-refractivity contribution in [1.82, 2.24) is 14.8 Å². The predicted molar refractivity (Wildman–Crippen MR) is 100 cm³/mol. The lowest BCUT2D eigenvalue weighted by Crippen LogP contribution is -2.10. The Morgan fingerprint density at radius 2 is 1.81 bits per heavy atom. The largest absolute Gasteiger partial charge is 0.438 e. The lowest BCUT2D eigenvalue weighted by atomic mass is 10.2. The molecular weight excluding hydrogens is 348 g/mol. The standard InChI is InChI=1S/C19H14N4O2S/c24-19(14-9-12-26-13-14)20-15-3-5-16(6-4-15)25-18-8-7-17(21-22-18)23-10-1-2-11-23/h1-13H,(H,20,24). The Morgan fingerprint density at radius 3 is 2.46 bits per heavy atom. The van der Waals surface area contributed by atoms with E-state index in [0.29, 0.717) is 28.7 Å². The zero-order chi connectivity index (χ0) is 17.8. The summed E-state index contributed by atoms with van der Waals surface area (Å²) in [5.74, 6) is 1.60. The highest BCUT2D eigenvalue weighted by molar-refractivity contribution is 7.08. The second-order valence-electron chi connectivity index (χ2n) is 5.41. The molecular formula is C19H14N4O2S. The first-order chi connectivity index (χ1) is 12.8. The Morgan fingerprint density at radius 1 is 1.00 bits per heavy atom. The van der Waals surface area contributed by atoms with Crippen LogP contribution in [0.5, 0.6) is 11.6 Å². The van der Waals surface area contributed by atoms with Gasteiger partial charge in [0.2, 0.25) is 5.88 Å². The summed E-state index contributed by atoms with van der Waals surface area (Å²) in [6, 6.07) is 16.3. The van der Waals surface area contributed by atoms with Crippen LogP contribution in [-0.4, -0.2) is 20.7 Å². The van der Waals surface area contributed by atoms with Crippen LogP contribution in [0, 0.1) is 0 Å². The second-order valence-corrected chi connectivity index (χ2v) is 6.19. The van der Waals surface area contributed by atoms with Crippen LogP contribution in [0.15, 0.2) is 77.8 Å². The number of anilines is 1. The van der Waals surface area contributed by atoms with Crippen molar-refractivity contribution >= 4 is 22.9 Å². The molecule has 0 atom stereocenters. The Kier molecular flexibility index (Phi) is 4.44. The normalized spacial score (nSPS) is 10.5. The van der Waals surface area contributed by atoms with Gasteiger partial charge in [0.25, 0.3) is 5.91 Å². The molecule has 0 fully saturated rings. The molecule has 4 rings (SSSR count). The Labute approximate surface area is 153 Å². The van der Waals surface area contributed by atoms with E-state index in [-0.39, 0.29) is 5.91 Å². The summed E-state index contributed by atoms with van der Waals surface area (Å²) in [4.78, 5) is 12.0. The fraction of sp³-hybridized carbons (Fsp3) is 0. The van der Waals surface area contributed by atoms with Crippen molar-refractivity contribution < 1.29 is 9.53 Å². The maximum Gasteiger partial charge on any atom is 0.256 e. The highest BCUT2D eigenvalue weighted by atomic mass is 32.1. The van der Waals surface area contributed by atoms with Crippen molar-refractivity contribution in [3.63, 3.8) is 0 Å². The van der Waals surface area contributed by atoms with E-state index in [1.807, 2.05) is 45.9 Å². The van der Waals surface area contributed by atoms with Gasteiger partial charge in [0.15, 0.2) is 5.82 Å². The fourth-order valence-corrected chi connectivity index (χ4v) is 2.95. The minimum Gasteiger partial charge on any atom is -0.438 e. The van der Waals surface area contributed by atoms with Crippen LogP contribution in [0.3, 0.4) is 0 Å². The summed E-state index contributed by atoms with van der Waals surface area (Å²) in [5, 5.41) is 14.7. The van der Waals surface area contributed by atoms with Gasteiger partial charge in [0.1, 0.15) is 5.75 Å². The number of nitrogens with one attached hydrogen (secondary N) is 1. The third kappa shape index (κ3) is 3.62. The van der Waals surface area contributed by atoms with Crippen molar-refractivity contribution in [3.05, 3.63) is 83.3 Å². The summed E-state index contributed by atoms with van der Waals surface area (Å²) in [5.41, 5.74) is 1.34. The number of benzene rings is 1. The molecule has 0 radical (unpaired) electrons. The van der Waals surface area contributed by atoms with Crippen LogP contribution in [0.25, 0.3) is 5.82 Å². The summed E-state index contributed by atoms with van der Waals surface area (Å²) < 4.78 is 7.55. The molecule has 0 aliphatic rings. The molecule has 0 aliphatic heterocycles. The predicted octanol–water partition coefficient (Wildman–Crippen LogP) is 4.37. The fourth-order valence-electron chi connectivity index (χ4n) is 2.32. The highest BCUT2D eigenvalue weighted by Crippen LogP contribution is 2.22. The van der Waals surface area contributed by atoms with Gasteiger partial charge in [-0.15, -0.1) is 10.2 Å². The monoisotopic (exact) mass is 362 g/mol. The first-order valence-electron chi connectivity index (χ1n) is 7.86. The third-order valence-corrected chi connectivity index (χ3v) is 4.30. The van der Waals surface area contributed by atoms with Crippen LogP contribution < -0.4 is 10.1 Å². The molecule has 6 nitrogen and oxygen atoms in total. The molecule has 0 unspecified atom stereocenters. The zero-order valence-corrected chi connectivity index (χ0v) is 14.4. The Bertz CT molecular complexity index is 979. The number of hydrogen-bond donors (Lipinski definition) is 1. The molecule has 128 valence electrons. The molecule has 3 aromatic heterocycles. The molecule has 0 spiro atoms. The molecule has 1 aromatic carbocycles. The van der Waals surface area contributed by atoms with Crippen LogP contribution >= 0.6 is 11.3 Å². The SMILES string of the molecule is O=C(Nc1ccc(Oc2ccc(-n3cccc3)nn2)cc1)c1ccsc1. The van der Waals surface area contributed by atoms with E-state index >= 15 is 0 Å². The van der Waals surface area contributed by atoms with Crippen LogP contribution in [0.2, 0.25) is 0 Å². The molecule has 0 bridgehead atoms. The minimum atomic E-state index is -0.133. The van der Waals surface area contributed by atoms with Crippen LogP contribution in [0.1, 0.15) is 10.4 Å². The van der Waals surface area contributed by atoms with Crippen molar-refractivity contribution in [2.75, 3.05) is 5.32 Å². The zero-order valence-electron chi connectivity index (χ0n) is 13.6. The van der Waals surface area contributed by atoms with Gasteiger partial charge in [-0.25, -0.2) is 0 Å². The maximum atomic E-state index is 12.0. The average molecular weight is 362 g/mol. The van der Waals surface area contributed by atoms with Crippen molar-refractivity contribution in [3.8, 4) is 17.4 Å². The molecule has 26 heavy (non-hydrogen) atoms. The second kappa shape index (κ2) is 7.20. The maximum absolute atomic E-state index is 12.0. The summed E-state index contributed by atoms with van der Waals surface area (Å²) in [6.07, 6.45) is 3.79. The van der Waals surface area contributed by atoms with Gasteiger partial charge in [-0.05, 0) is 53.9 Å². The Balaban J connectivity index is 1.40. The number of hydrogen-bond acceptors (Lipinski definition) is 5. The van der Waals surface area contributed by atoms with E-state index in [1.165, 1.54) is 11.3 Å². The number of rotatable bonds is 5. The van der Waals surface area contributed by atoms with Gasteiger partial charge in [-0.2, -0.15) is 11.3 Å². The van der Waals surface area contributed by atoms with Crippen molar-refractivity contribution in [2.24, 2.45) is 0 Å². The summed E-state index contributed by atoms with van der Waals surface area (Å²) in [6.45, 7) is 0. The van der Waals surface area contributed by atoms with E-state index in [9.17, 15) is 4.79 Å². The van der Waals surface area contributed by atoms with Crippen LogP contribution in [0.4, 0.5) is 5.69 Å². The van der Waals surface area contributed by atoms with Crippen molar-refractivity contribution in [1.29, 1.82) is 0 Å². The molecule has 1 N–H and O–H groups in total. The molecule has 7 heteroatoms. The first-order valence-corrected chi connectivity index (χ1v) is 8.81. The molecule has 1 amide bonds. The summed E-state index contributed by atoms with van der Waals surface area (Å²) in [7, 11) is 0. The van der Waals surface area contributed by atoms with Gasteiger partial charge in [0.05, 0.1) is 5.56 Å². The van der Waals surface area contributed by atoms with Gasteiger partial charge >= 0.3 is 0 Å². The minimum absolute atomic E-state index is 0.133. The number of carbonyl (C=O) groups excluding carboxylic acids is 1. The first kappa shape index (κ1) is 16.0. The third-order valence-electron chi connectivity index (χ3n) is 3.61. The van der Waals surface area contributed by atoms with Gasteiger partial charge in [0, 0.05) is 29.5 Å².